The Morgan fingerprint density at radius 1 is 1.25 bits per heavy atom. The summed E-state index contributed by atoms with van der Waals surface area (Å²) < 4.78 is 40.9. The normalized spacial score (nSPS) is 26.5. The standard InChI is InChI=1S/C20H22F3N3O2/c1-11-2-5-24-15(8-11)26-6-3-12(4-7-26)18-16-13(10-25-18)9-14(27)19(28)17(16)20(21,22)23/h2,5,8,12,17,19,28H,3-4,6-7,9-10H2,1H3/t17-,19+/m1/s1. The molecule has 150 valence electrons. The van der Waals surface area contributed by atoms with Crippen molar-refractivity contribution in [2.24, 2.45) is 16.8 Å². The molecule has 2 atom stereocenters. The van der Waals surface area contributed by atoms with Crippen LogP contribution in [0, 0.1) is 18.8 Å². The van der Waals surface area contributed by atoms with Crippen molar-refractivity contribution >= 4 is 17.3 Å². The molecule has 4 rings (SSSR count). The lowest BCUT2D eigenvalue weighted by molar-refractivity contribution is -0.190. The number of aliphatic imine (C=N–C) groups is 1. The van der Waals surface area contributed by atoms with E-state index in [1.54, 1.807) is 6.20 Å². The lowest BCUT2D eigenvalue weighted by Gasteiger charge is -2.36. The molecule has 0 saturated carbocycles. The largest absolute Gasteiger partial charge is 0.398 e. The average molecular weight is 393 g/mol. The summed E-state index contributed by atoms with van der Waals surface area (Å²) in [5, 5.41) is 9.98. The van der Waals surface area contributed by atoms with Crippen LogP contribution in [0.2, 0.25) is 0 Å². The molecule has 0 spiro atoms. The van der Waals surface area contributed by atoms with Crippen LogP contribution in [0.25, 0.3) is 0 Å². The first kappa shape index (κ1) is 19.1. The van der Waals surface area contributed by atoms with Gasteiger partial charge in [-0.1, -0.05) is 0 Å². The minimum atomic E-state index is -4.67. The Bertz CT molecular complexity index is 854. The first-order valence-electron chi connectivity index (χ1n) is 9.47. The maximum atomic E-state index is 13.6. The first-order valence-corrected chi connectivity index (χ1v) is 9.47. The third-order valence-corrected chi connectivity index (χ3v) is 5.90. The number of pyridine rings is 1. The number of Topliss-reactive ketones (excluding diaryl/α,β-unsaturated/α-hetero) is 1. The Morgan fingerprint density at radius 2 is 1.96 bits per heavy atom. The van der Waals surface area contributed by atoms with Gasteiger partial charge in [-0.15, -0.1) is 0 Å². The predicted octanol–water partition coefficient (Wildman–Crippen LogP) is 2.87. The second kappa shape index (κ2) is 6.99. The second-order valence-electron chi connectivity index (χ2n) is 7.78. The number of halogens is 3. The Balaban J connectivity index is 1.54. The van der Waals surface area contributed by atoms with Gasteiger partial charge in [0, 0.05) is 37.3 Å². The molecule has 3 heterocycles. The number of aliphatic hydroxyl groups excluding tert-OH is 1. The quantitative estimate of drug-likeness (QED) is 0.839. The number of aromatic nitrogens is 1. The number of rotatable bonds is 2. The number of ketones is 1. The molecule has 0 bridgehead atoms. The molecule has 1 aromatic heterocycles. The number of nitrogens with zero attached hydrogens (tertiary/aromatic N) is 3. The molecule has 1 saturated heterocycles. The molecule has 3 aliphatic rings. The van der Waals surface area contributed by atoms with Gasteiger partial charge < -0.3 is 10.0 Å². The molecule has 8 heteroatoms. The number of hydrogen-bond acceptors (Lipinski definition) is 5. The summed E-state index contributed by atoms with van der Waals surface area (Å²) in [5.41, 5.74) is 2.05. The van der Waals surface area contributed by atoms with E-state index in [9.17, 15) is 23.1 Å². The van der Waals surface area contributed by atoms with Crippen LogP contribution in [0.3, 0.4) is 0 Å². The molecule has 1 aliphatic carbocycles. The van der Waals surface area contributed by atoms with Gasteiger partial charge in [0.2, 0.25) is 0 Å². The molecular weight excluding hydrogens is 371 g/mol. The minimum absolute atomic E-state index is 0.0757. The van der Waals surface area contributed by atoms with E-state index in [4.69, 9.17) is 0 Å². The van der Waals surface area contributed by atoms with E-state index in [1.165, 1.54) is 0 Å². The number of aliphatic hydroxyl groups is 1. The molecule has 1 N–H and O–H groups in total. The van der Waals surface area contributed by atoms with Gasteiger partial charge >= 0.3 is 6.18 Å². The third kappa shape index (κ3) is 3.34. The summed E-state index contributed by atoms with van der Waals surface area (Å²) in [5.74, 6) is -2.14. The molecule has 1 aromatic rings. The van der Waals surface area contributed by atoms with Crippen LogP contribution in [0.15, 0.2) is 34.5 Å². The van der Waals surface area contributed by atoms with E-state index in [0.29, 0.717) is 37.2 Å². The van der Waals surface area contributed by atoms with Crippen molar-refractivity contribution < 1.29 is 23.1 Å². The topological polar surface area (TPSA) is 65.8 Å². The molecule has 0 aromatic carbocycles. The lowest BCUT2D eigenvalue weighted by atomic mass is 9.74. The van der Waals surface area contributed by atoms with Crippen LogP contribution in [0.1, 0.15) is 24.8 Å². The van der Waals surface area contributed by atoms with Crippen molar-refractivity contribution in [3.05, 3.63) is 35.0 Å². The summed E-state index contributed by atoms with van der Waals surface area (Å²) in [6.45, 7) is 3.49. The molecule has 5 nitrogen and oxygen atoms in total. The SMILES string of the molecule is Cc1ccnc(N2CCC(C3=NCC4=C3[C@@H](C(F)(F)F)[C@@H](O)C(=O)C4)CC2)c1. The van der Waals surface area contributed by atoms with E-state index >= 15 is 0 Å². The van der Waals surface area contributed by atoms with Gasteiger partial charge in [0.05, 0.1) is 6.54 Å². The van der Waals surface area contributed by atoms with Gasteiger partial charge in [0.1, 0.15) is 17.8 Å². The van der Waals surface area contributed by atoms with Crippen LogP contribution in [-0.2, 0) is 4.79 Å². The Morgan fingerprint density at radius 3 is 2.61 bits per heavy atom. The summed E-state index contributed by atoms with van der Waals surface area (Å²) >= 11 is 0. The van der Waals surface area contributed by atoms with Crippen molar-refractivity contribution in [2.75, 3.05) is 24.5 Å². The molecular formula is C20H22F3N3O2. The zero-order valence-corrected chi connectivity index (χ0v) is 15.5. The van der Waals surface area contributed by atoms with Crippen LogP contribution in [0.4, 0.5) is 19.0 Å². The molecule has 0 unspecified atom stereocenters. The van der Waals surface area contributed by atoms with Gasteiger partial charge in [-0.3, -0.25) is 9.79 Å². The summed E-state index contributed by atoms with van der Waals surface area (Å²) in [7, 11) is 0. The highest BCUT2D eigenvalue weighted by atomic mass is 19.4. The van der Waals surface area contributed by atoms with Gasteiger partial charge in [0.25, 0.3) is 0 Å². The highest BCUT2D eigenvalue weighted by Gasteiger charge is 2.54. The first-order chi connectivity index (χ1) is 13.3. The average Bonchev–Trinajstić information content (AvgIpc) is 3.04. The van der Waals surface area contributed by atoms with Crippen LogP contribution >= 0.6 is 0 Å². The molecule has 0 radical (unpaired) electrons. The maximum Gasteiger partial charge on any atom is 0.398 e. The van der Waals surface area contributed by atoms with E-state index in [2.05, 4.69) is 14.9 Å². The van der Waals surface area contributed by atoms with Gasteiger partial charge in [-0.2, -0.15) is 13.2 Å². The van der Waals surface area contributed by atoms with Crippen molar-refractivity contribution in [3.8, 4) is 0 Å². The maximum absolute atomic E-state index is 13.6. The predicted molar refractivity (Wildman–Crippen MR) is 98.4 cm³/mol. The Kier molecular flexibility index (Phi) is 4.77. The van der Waals surface area contributed by atoms with E-state index in [-0.39, 0.29) is 24.5 Å². The van der Waals surface area contributed by atoms with Crippen LogP contribution in [-0.4, -0.2) is 53.5 Å². The molecule has 1 fully saturated rings. The van der Waals surface area contributed by atoms with Crippen molar-refractivity contribution in [1.29, 1.82) is 0 Å². The number of piperidine rings is 1. The van der Waals surface area contributed by atoms with E-state index in [1.807, 2.05) is 19.1 Å². The fraction of sp³-hybridized carbons (Fsp3) is 0.550. The smallest absolute Gasteiger partial charge is 0.384 e. The monoisotopic (exact) mass is 393 g/mol. The number of alkyl halides is 3. The molecule has 28 heavy (non-hydrogen) atoms. The van der Waals surface area contributed by atoms with E-state index in [0.717, 1.165) is 11.4 Å². The summed E-state index contributed by atoms with van der Waals surface area (Å²) in [4.78, 5) is 22.8. The van der Waals surface area contributed by atoms with Crippen LogP contribution in [0.5, 0.6) is 0 Å². The Labute approximate surface area is 161 Å². The Hall–Kier alpha value is -2.22. The number of anilines is 1. The van der Waals surface area contributed by atoms with Gasteiger partial charge in [-0.05, 0) is 48.6 Å². The molecule has 0 amide bonds. The van der Waals surface area contributed by atoms with Gasteiger partial charge in [-0.25, -0.2) is 4.98 Å². The van der Waals surface area contributed by atoms with Crippen molar-refractivity contribution in [2.45, 2.75) is 38.5 Å². The second-order valence-corrected chi connectivity index (χ2v) is 7.78. The fourth-order valence-corrected chi connectivity index (χ4v) is 4.49. The number of hydrogen-bond donors (Lipinski definition) is 1. The zero-order valence-electron chi connectivity index (χ0n) is 15.5. The van der Waals surface area contributed by atoms with Gasteiger partial charge in [0.15, 0.2) is 5.78 Å². The van der Waals surface area contributed by atoms with Crippen molar-refractivity contribution in [1.82, 2.24) is 4.98 Å². The van der Waals surface area contributed by atoms with Crippen molar-refractivity contribution in [3.63, 3.8) is 0 Å². The lowest BCUT2D eigenvalue weighted by Crippen LogP contribution is -2.46. The summed E-state index contributed by atoms with van der Waals surface area (Å²) in [6.07, 6.45) is -3.75. The zero-order chi connectivity index (χ0) is 20.1. The molecule has 2 aliphatic heterocycles. The number of carbonyl (C=O) groups is 1. The summed E-state index contributed by atoms with van der Waals surface area (Å²) in [6, 6.07) is 3.92. The van der Waals surface area contributed by atoms with Crippen LogP contribution < -0.4 is 4.90 Å². The number of carbonyl (C=O) groups excluding carboxylic acids is 1. The number of aryl methyl sites for hydroxylation is 1. The van der Waals surface area contributed by atoms with E-state index < -0.39 is 24.0 Å². The third-order valence-electron chi connectivity index (χ3n) is 5.90. The minimum Gasteiger partial charge on any atom is -0.384 e. The highest BCUT2D eigenvalue weighted by Crippen LogP contribution is 2.45. The highest BCUT2D eigenvalue weighted by molar-refractivity contribution is 6.08. The fourth-order valence-electron chi connectivity index (χ4n) is 4.49.